The smallest absolute Gasteiger partial charge is 0.0113 e. The van der Waals surface area contributed by atoms with Crippen LogP contribution in [0.15, 0.2) is 0 Å². The van der Waals surface area contributed by atoms with E-state index in [0.29, 0.717) is 6.04 Å². The second-order valence-electron chi connectivity index (χ2n) is 5.72. The minimum atomic E-state index is 0.717. The van der Waals surface area contributed by atoms with Gasteiger partial charge in [0.2, 0.25) is 0 Å². The average Bonchev–Trinajstić information content (AvgIpc) is 2.65. The summed E-state index contributed by atoms with van der Waals surface area (Å²) in [4.78, 5) is 5.25. The van der Waals surface area contributed by atoms with Crippen molar-refractivity contribution < 1.29 is 0 Å². The maximum Gasteiger partial charge on any atom is 0.0113 e. The molecule has 2 fully saturated rings. The topological polar surface area (TPSA) is 18.5 Å². The summed E-state index contributed by atoms with van der Waals surface area (Å²) >= 11 is 0. The van der Waals surface area contributed by atoms with Crippen molar-refractivity contribution in [2.45, 2.75) is 39.3 Å². The summed E-state index contributed by atoms with van der Waals surface area (Å²) < 4.78 is 0. The van der Waals surface area contributed by atoms with Gasteiger partial charge in [-0.25, -0.2) is 0 Å². The van der Waals surface area contributed by atoms with Crippen molar-refractivity contribution in [3.63, 3.8) is 0 Å². The van der Waals surface area contributed by atoms with Gasteiger partial charge in [0.1, 0.15) is 0 Å². The minimum Gasteiger partial charge on any atom is -0.314 e. The molecule has 3 heteroatoms. The van der Waals surface area contributed by atoms with E-state index >= 15 is 0 Å². The number of nitrogens with zero attached hydrogens (tertiary/aromatic N) is 2. The normalized spacial score (nSPS) is 33.8. The molecular formula is C13H27N3. The van der Waals surface area contributed by atoms with Gasteiger partial charge in [0.15, 0.2) is 0 Å². The lowest BCUT2D eigenvalue weighted by molar-refractivity contribution is 0.0956. The Kier molecular flexibility index (Phi) is 4.22. The Hall–Kier alpha value is -0.120. The molecule has 0 aromatic carbocycles. The average molecular weight is 225 g/mol. The molecule has 2 atom stereocenters. The summed E-state index contributed by atoms with van der Waals surface area (Å²) in [6.45, 7) is 14.5. The fourth-order valence-corrected chi connectivity index (χ4v) is 2.96. The molecule has 2 rings (SSSR count). The zero-order chi connectivity index (χ0) is 11.5. The van der Waals surface area contributed by atoms with E-state index in [1.165, 1.54) is 45.7 Å². The quantitative estimate of drug-likeness (QED) is 0.773. The van der Waals surface area contributed by atoms with Crippen LogP contribution in [0, 0.1) is 5.92 Å². The first kappa shape index (κ1) is 12.3. The standard InChI is InChI=1S/C13H27N3/c1-11(2)16-8-6-15(7-9-16)10-13-4-5-14-12(13)3/h11-14H,4-10H2,1-3H3. The molecule has 0 amide bonds. The highest BCUT2D eigenvalue weighted by Gasteiger charge is 2.26. The summed E-state index contributed by atoms with van der Waals surface area (Å²) in [5.74, 6) is 0.880. The fourth-order valence-electron chi connectivity index (χ4n) is 2.96. The Morgan fingerprint density at radius 2 is 1.88 bits per heavy atom. The SMILES string of the molecule is CC1NCCC1CN1CCN(C(C)C)CC1. The van der Waals surface area contributed by atoms with Crippen molar-refractivity contribution in [3.05, 3.63) is 0 Å². The molecule has 0 radical (unpaired) electrons. The molecule has 0 aliphatic carbocycles. The van der Waals surface area contributed by atoms with Crippen LogP contribution < -0.4 is 5.32 Å². The van der Waals surface area contributed by atoms with Crippen LogP contribution in [0.4, 0.5) is 0 Å². The molecule has 16 heavy (non-hydrogen) atoms. The van der Waals surface area contributed by atoms with Crippen molar-refractivity contribution in [1.82, 2.24) is 15.1 Å². The van der Waals surface area contributed by atoms with Crippen LogP contribution in [-0.4, -0.2) is 61.2 Å². The van der Waals surface area contributed by atoms with Crippen molar-refractivity contribution in [2.24, 2.45) is 5.92 Å². The van der Waals surface area contributed by atoms with E-state index in [9.17, 15) is 0 Å². The first-order valence-corrected chi connectivity index (χ1v) is 6.86. The molecule has 1 N–H and O–H groups in total. The van der Waals surface area contributed by atoms with E-state index in [1.54, 1.807) is 0 Å². The molecule has 2 heterocycles. The predicted octanol–water partition coefficient (Wildman–Crippen LogP) is 1.01. The third kappa shape index (κ3) is 2.96. The van der Waals surface area contributed by atoms with Gasteiger partial charge in [0.25, 0.3) is 0 Å². The number of hydrogen-bond acceptors (Lipinski definition) is 3. The summed E-state index contributed by atoms with van der Waals surface area (Å²) in [6.07, 6.45) is 1.37. The van der Waals surface area contributed by atoms with Crippen LogP contribution in [0.3, 0.4) is 0 Å². The van der Waals surface area contributed by atoms with Crippen molar-refractivity contribution in [2.75, 3.05) is 39.3 Å². The van der Waals surface area contributed by atoms with Gasteiger partial charge >= 0.3 is 0 Å². The summed E-state index contributed by atoms with van der Waals surface area (Å²) in [5, 5.41) is 3.55. The number of hydrogen-bond donors (Lipinski definition) is 1. The molecule has 0 saturated carbocycles. The molecule has 0 bridgehead atoms. The van der Waals surface area contributed by atoms with Gasteiger partial charge in [-0.05, 0) is 39.7 Å². The molecule has 2 aliphatic heterocycles. The van der Waals surface area contributed by atoms with Crippen molar-refractivity contribution >= 4 is 0 Å². The maximum absolute atomic E-state index is 3.55. The van der Waals surface area contributed by atoms with Crippen LogP contribution in [0.25, 0.3) is 0 Å². The molecule has 0 aromatic rings. The van der Waals surface area contributed by atoms with E-state index in [-0.39, 0.29) is 0 Å². The lowest BCUT2D eigenvalue weighted by atomic mass is 10.0. The number of nitrogens with one attached hydrogen (secondary N) is 1. The predicted molar refractivity (Wildman–Crippen MR) is 68.7 cm³/mol. The molecular weight excluding hydrogens is 198 g/mol. The minimum absolute atomic E-state index is 0.717. The van der Waals surface area contributed by atoms with E-state index in [2.05, 4.69) is 35.9 Å². The van der Waals surface area contributed by atoms with Crippen molar-refractivity contribution in [3.8, 4) is 0 Å². The highest BCUT2D eigenvalue weighted by molar-refractivity contribution is 4.84. The zero-order valence-electron chi connectivity index (χ0n) is 11.1. The van der Waals surface area contributed by atoms with E-state index < -0.39 is 0 Å². The van der Waals surface area contributed by atoms with Gasteiger partial charge in [0.05, 0.1) is 0 Å². The second kappa shape index (κ2) is 5.48. The van der Waals surface area contributed by atoms with Gasteiger partial charge in [-0.2, -0.15) is 0 Å². The summed E-state index contributed by atoms with van der Waals surface area (Å²) in [7, 11) is 0. The fraction of sp³-hybridized carbons (Fsp3) is 1.00. The van der Waals surface area contributed by atoms with Crippen molar-refractivity contribution in [1.29, 1.82) is 0 Å². The van der Waals surface area contributed by atoms with Crippen LogP contribution in [0.5, 0.6) is 0 Å². The van der Waals surface area contributed by atoms with Crippen LogP contribution in [-0.2, 0) is 0 Å². The number of rotatable bonds is 3. The van der Waals surface area contributed by atoms with E-state index in [4.69, 9.17) is 0 Å². The highest BCUT2D eigenvalue weighted by atomic mass is 15.3. The molecule has 0 aromatic heterocycles. The van der Waals surface area contributed by atoms with Crippen LogP contribution in [0.1, 0.15) is 27.2 Å². The van der Waals surface area contributed by atoms with Crippen LogP contribution in [0.2, 0.25) is 0 Å². The van der Waals surface area contributed by atoms with Gasteiger partial charge in [-0.3, -0.25) is 4.90 Å². The van der Waals surface area contributed by atoms with Gasteiger partial charge in [-0.15, -0.1) is 0 Å². The molecule has 2 saturated heterocycles. The Balaban J connectivity index is 1.72. The van der Waals surface area contributed by atoms with Gasteiger partial charge < -0.3 is 10.2 Å². The monoisotopic (exact) mass is 225 g/mol. The molecule has 0 spiro atoms. The Bertz CT molecular complexity index is 209. The first-order chi connectivity index (χ1) is 7.66. The summed E-state index contributed by atoms with van der Waals surface area (Å²) in [5.41, 5.74) is 0. The Morgan fingerprint density at radius 1 is 1.19 bits per heavy atom. The van der Waals surface area contributed by atoms with Gasteiger partial charge in [-0.1, -0.05) is 0 Å². The zero-order valence-corrected chi connectivity index (χ0v) is 11.1. The lowest BCUT2D eigenvalue weighted by Gasteiger charge is -2.38. The Morgan fingerprint density at radius 3 is 2.38 bits per heavy atom. The van der Waals surface area contributed by atoms with Crippen LogP contribution >= 0.6 is 0 Å². The van der Waals surface area contributed by atoms with E-state index in [1.807, 2.05) is 0 Å². The molecule has 94 valence electrons. The Labute approximate surface area is 100 Å². The maximum atomic E-state index is 3.55. The largest absolute Gasteiger partial charge is 0.314 e. The molecule has 2 unspecified atom stereocenters. The first-order valence-electron chi connectivity index (χ1n) is 6.86. The van der Waals surface area contributed by atoms with Gasteiger partial charge in [0, 0.05) is 44.8 Å². The third-order valence-electron chi connectivity index (χ3n) is 4.32. The second-order valence-corrected chi connectivity index (χ2v) is 5.72. The number of piperazine rings is 1. The lowest BCUT2D eigenvalue weighted by Crippen LogP contribution is -2.50. The molecule has 3 nitrogen and oxygen atoms in total. The highest BCUT2D eigenvalue weighted by Crippen LogP contribution is 2.17. The summed E-state index contributed by atoms with van der Waals surface area (Å²) in [6, 6.07) is 1.44. The third-order valence-corrected chi connectivity index (χ3v) is 4.32. The molecule has 2 aliphatic rings. The van der Waals surface area contributed by atoms with E-state index in [0.717, 1.165) is 12.0 Å².